The molecule has 5 heteroatoms. The Hall–Kier alpha value is -2.43. The molecule has 20 heavy (non-hydrogen) atoms. The van der Waals surface area contributed by atoms with E-state index in [4.69, 9.17) is 4.74 Å². The second-order valence-electron chi connectivity index (χ2n) is 4.73. The third-order valence-corrected chi connectivity index (χ3v) is 3.39. The number of hydrogen-bond donors (Lipinski definition) is 1. The van der Waals surface area contributed by atoms with Gasteiger partial charge in [-0.05, 0) is 37.1 Å². The molecule has 2 heterocycles. The van der Waals surface area contributed by atoms with Crippen molar-refractivity contribution < 1.29 is 9.13 Å². The maximum Gasteiger partial charge on any atom is 0.258 e. The summed E-state index contributed by atoms with van der Waals surface area (Å²) in [5.41, 5.74) is 3.94. The van der Waals surface area contributed by atoms with Gasteiger partial charge >= 0.3 is 0 Å². The van der Waals surface area contributed by atoms with Gasteiger partial charge in [0, 0.05) is 11.1 Å². The fourth-order valence-electron chi connectivity index (χ4n) is 2.09. The third-order valence-electron chi connectivity index (χ3n) is 3.39. The van der Waals surface area contributed by atoms with E-state index in [2.05, 4.69) is 15.2 Å². The molecular weight excluding hydrogens is 257 g/mol. The van der Waals surface area contributed by atoms with Crippen LogP contribution in [0.3, 0.4) is 0 Å². The average Bonchev–Trinajstić information content (AvgIpc) is 2.75. The summed E-state index contributed by atoms with van der Waals surface area (Å²) < 4.78 is 18.5. The smallest absolute Gasteiger partial charge is 0.258 e. The Balaban J connectivity index is 1.87. The number of nitrogens with one attached hydrogen (secondary N) is 1. The highest BCUT2D eigenvalue weighted by Gasteiger charge is 2.11. The Labute approximate surface area is 115 Å². The van der Waals surface area contributed by atoms with Gasteiger partial charge in [-0.2, -0.15) is 5.10 Å². The summed E-state index contributed by atoms with van der Waals surface area (Å²) in [5.74, 6) is 0.203. The Morgan fingerprint density at radius 1 is 1.20 bits per heavy atom. The number of aryl methyl sites for hydroxylation is 2. The third kappa shape index (κ3) is 2.22. The maximum atomic E-state index is 12.8. The quantitative estimate of drug-likeness (QED) is 0.795. The molecule has 0 fully saturated rings. The van der Waals surface area contributed by atoms with Gasteiger partial charge in [-0.1, -0.05) is 12.1 Å². The minimum absolute atomic E-state index is 0.258. The fraction of sp³-hybridized carbons (Fsp3) is 0.200. The van der Waals surface area contributed by atoms with Crippen molar-refractivity contribution in [2.45, 2.75) is 20.5 Å². The summed E-state index contributed by atoms with van der Waals surface area (Å²) in [6.07, 6.45) is 1.72. The normalized spacial score (nSPS) is 10.9. The topological polar surface area (TPSA) is 50.8 Å². The molecule has 1 N–H and O–H groups in total. The van der Waals surface area contributed by atoms with Crippen molar-refractivity contribution in [3.8, 4) is 5.88 Å². The molecule has 0 radical (unpaired) electrons. The second kappa shape index (κ2) is 4.92. The monoisotopic (exact) mass is 271 g/mol. The molecule has 0 aliphatic carbocycles. The van der Waals surface area contributed by atoms with E-state index in [0.29, 0.717) is 12.5 Å². The number of fused-ring (bicyclic) bond motifs is 1. The summed E-state index contributed by atoms with van der Waals surface area (Å²) in [6.45, 7) is 4.35. The Morgan fingerprint density at radius 2 is 1.95 bits per heavy atom. The van der Waals surface area contributed by atoms with Gasteiger partial charge in [-0.15, -0.1) is 5.10 Å². The molecule has 2 aromatic heterocycles. The molecule has 0 atom stereocenters. The lowest BCUT2D eigenvalue weighted by Gasteiger charge is -2.05. The summed E-state index contributed by atoms with van der Waals surface area (Å²) in [5, 5.41) is 8.98. The lowest BCUT2D eigenvalue weighted by Crippen LogP contribution is -1.99. The van der Waals surface area contributed by atoms with E-state index in [1.807, 2.05) is 13.8 Å². The summed E-state index contributed by atoms with van der Waals surface area (Å²) in [7, 11) is 0. The van der Waals surface area contributed by atoms with Crippen LogP contribution in [0.15, 0.2) is 30.5 Å². The van der Waals surface area contributed by atoms with E-state index in [9.17, 15) is 4.39 Å². The molecule has 0 saturated heterocycles. The van der Waals surface area contributed by atoms with Gasteiger partial charge < -0.3 is 9.72 Å². The standard InChI is InChI=1S/C15H14FN3O/c1-9-10(2)18-14-13(9)7-17-19-15(14)20-8-11-3-5-12(16)6-4-11/h3-7,18H,8H2,1-2H3. The summed E-state index contributed by atoms with van der Waals surface area (Å²) in [6, 6.07) is 6.20. The van der Waals surface area contributed by atoms with Crippen molar-refractivity contribution in [1.29, 1.82) is 0 Å². The highest BCUT2D eigenvalue weighted by molar-refractivity contribution is 5.87. The number of halogens is 1. The van der Waals surface area contributed by atoms with E-state index in [-0.39, 0.29) is 5.82 Å². The van der Waals surface area contributed by atoms with Crippen molar-refractivity contribution in [2.24, 2.45) is 0 Å². The lowest BCUT2D eigenvalue weighted by atomic mass is 10.2. The molecule has 0 aliphatic heterocycles. The van der Waals surface area contributed by atoms with Crippen LogP contribution >= 0.6 is 0 Å². The van der Waals surface area contributed by atoms with Gasteiger partial charge in [0.15, 0.2) is 0 Å². The molecule has 3 rings (SSSR count). The first-order valence-corrected chi connectivity index (χ1v) is 6.33. The molecule has 102 valence electrons. The van der Waals surface area contributed by atoms with Gasteiger partial charge in [-0.3, -0.25) is 0 Å². The molecule has 4 nitrogen and oxygen atoms in total. The minimum atomic E-state index is -0.258. The van der Waals surface area contributed by atoms with Crippen LogP contribution in [0.5, 0.6) is 5.88 Å². The van der Waals surface area contributed by atoms with Gasteiger partial charge in [0.1, 0.15) is 17.9 Å². The summed E-state index contributed by atoms with van der Waals surface area (Å²) >= 11 is 0. The molecule has 0 saturated carbocycles. The minimum Gasteiger partial charge on any atom is -0.470 e. The van der Waals surface area contributed by atoms with Crippen LogP contribution in [0, 0.1) is 19.7 Å². The Kier molecular flexibility index (Phi) is 3.10. The molecule has 0 aliphatic rings. The van der Waals surface area contributed by atoms with Crippen LogP contribution in [-0.4, -0.2) is 15.2 Å². The van der Waals surface area contributed by atoms with Crippen LogP contribution in [0.25, 0.3) is 10.9 Å². The van der Waals surface area contributed by atoms with Gasteiger partial charge in [0.05, 0.1) is 6.20 Å². The van der Waals surface area contributed by atoms with Crippen LogP contribution in [0.1, 0.15) is 16.8 Å². The number of aromatic nitrogens is 3. The van der Waals surface area contributed by atoms with E-state index in [0.717, 1.165) is 27.7 Å². The predicted octanol–water partition coefficient (Wildman–Crippen LogP) is 3.29. The van der Waals surface area contributed by atoms with E-state index < -0.39 is 0 Å². The highest BCUT2D eigenvalue weighted by Crippen LogP contribution is 2.26. The van der Waals surface area contributed by atoms with E-state index >= 15 is 0 Å². The van der Waals surface area contributed by atoms with Crippen LogP contribution in [-0.2, 0) is 6.61 Å². The number of aromatic amines is 1. The SMILES string of the molecule is Cc1[nH]c2c(OCc3ccc(F)cc3)nncc2c1C. The zero-order chi connectivity index (χ0) is 14.1. The number of ether oxygens (including phenoxy) is 1. The zero-order valence-corrected chi connectivity index (χ0v) is 11.3. The zero-order valence-electron chi connectivity index (χ0n) is 11.3. The molecule has 3 aromatic rings. The van der Waals surface area contributed by atoms with Crippen LogP contribution < -0.4 is 4.74 Å². The van der Waals surface area contributed by atoms with Crippen LogP contribution in [0.4, 0.5) is 4.39 Å². The Morgan fingerprint density at radius 3 is 2.70 bits per heavy atom. The van der Waals surface area contributed by atoms with Crippen molar-refractivity contribution in [1.82, 2.24) is 15.2 Å². The molecule has 0 bridgehead atoms. The first kappa shape index (κ1) is 12.6. The predicted molar refractivity (Wildman–Crippen MR) is 74.1 cm³/mol. The maximum absolute atomic E-state index is 12.8. The molecule has 0 amide bonds. The molecule has 0 spiro atoms. The van der Waals surface area contributed by atoms with Crippen molar-refractivity contribution in [2.75, 3.05) is 0 Å². The van der Waals surface area contributed by atoms with E-state index in [1.165, 1.54) is 12.1 Å². The molecule has 0 unspecified atom stereocenters. The second-order valence-corrected chi connectivity index (χ2v) is 4.73. The molecular formula is C15H14FN3O. The lowest BCUT2D eigenvalue weighted by molar-refractivity contribution is 0.294. The molecule has 1 aromatic carbocycles. The average molecular weight is 271 g/mol. The number of nitrogens with zero attached hydrogens (tertiary/aromatic N) is 2. The van der Waals surface area contributed by atoms with Crippen molar-refractivity contribution in [3.63, 3.8) is 0 Å². The van der Waals surface area contributed by atoms with Gasteiger partial charge in [0.2, 0.25) is 0 Å². The number of benzene rings is 1. The fourth-order valence-corrected chi connectivity index (χ4v) is 2.09. The number of hydrogen-bond acceptors (Lipinski definition) is 3. The van der Waals surface area contributed by atoms with E-state index in [1.54, 1.807) is 18.3 Å². The van der Waals surface area contributed by atoms with Gasteiger partial charge in [0.25, 0.3) is 5.88 Å². The first-order chi connectivity index (χ1) is 9.65. The van der Waals surface area contributed by atoms with Crippen molar-refractivity contribution in [3.05, 3.63) is 53.1 Å². The van der Waals surface area contributed by atoms with Gasteiger partial charge in [-0.25, -0.2) is 4.39 Å². The first-order valence-electron chi connectivity index (χ1n) is 6.33. The summed E-state index contributed by atoms with van der Waals surface area (Å²) in [4.78, 5) is 3.25. The Bertz CT molecular complexity index is 750. The van der Waals surface area contributed by atoms with Crippen LogP contribution in [0.2, 0.25) is 0 Å². The van der Waals surface area contributed by atoms with Crippen molar-refractivity contribution >= 4 is 10.9 Å². The largest absolute Gasteiger partial charge is 0.470 e. The number of H-pyrrole nitrogens is 1. The highest BCUT2D eigenvalue weighted by atomic mass is 19.1. The number of rotatable bonds is 3.